The molecule has 2 N–H and O–H groups in total. The molecule has 6 nitrogen and oxygen atoms in total. The predicted molar refractivity (Wildman–Crippen MR) is 115 cm³/mol. The van der Waals surface area contributed by atoms with Crippen molar-refractivity contribution in [2.75, 3.05) is 30.9 Å². The Balaban J connectivity index is 1.60. The number of sulfonamides is 1. The molecule has 0 bridgehead atoms. The number of carbonyl (C=O) groups is 1. The van der Waals surface area contributed by atoms with Crippen LogP contribution in [0, 0.1) is 17.7 Å². The average Bonchev–Trinajstić information content (AvgIpc) is 2.69. The highest BCUT2D eigenvalue weighted by Crippen LogP contribution is 2.20. The maximum atomic E-state index is 13.0. The number of halogens is 1. The molecule has 0 radical (unpaired) electrons. The van der Waals surface area contributed by atoms with Gasteiger partial charge in [0.25, 0.3) is 15.9 Å². The van der Waals surface area contributed by atoms with Crippen molar-refractivity contribution in [1.82, 2.24) is 10.2 Å². The second kappa shape index (κ2) is 9.57. The number of nitrogens with one attached hydrogen (secondary N) is 2. The quantitative estimate of drug-likeness (QED) is 0.702. The Morgan fingerprint density at radius 1 is 1.10 bits per heavy atom. The Morgan fingerprint density at radius 3 is 2.43 bits per heavy atom. The highest BCUT2D eigenvalue weighted by molar-refractivity contribution is 7.92. The van der Waals surface area contributed by atoms with E-state index in [0.717, 1.165) is 19.6 Å². The van der Waals surface area contributed by atoms with Gasteiger partial charge in [0.05, 0.1) is 4.90 Å². The summed E-state index contributed by atoms with van der Waals surface area (Å²) in [7, 11) is -3.89. The standard InChI is InChI=1S/C22H28FN3O3S/c1-16-12-17(2)15-26(14-16)11-10-24-22(27)18-4-3-5-21(13-18)30(28,29)25-20-8-6-19(23)7-9-20/h3-9,13,16-17,25H,10-12,14-15H2,1-2H3,(H,24,27). The molecule has 1 heterocycles. The zero-order valence-corrected chi connectivity index (χ0v) is 18.1. The number of amides is 1. The molecule has 8 heteroatoms. The van der Waals surface area contributed by atoms with Crippen LogP contribution in [0.1, 0.15) is 30.6 Å². The summed E-state index contributed by atoms with van der Waals surface area (Å²) in [5.74, 6) is 0.539. The first-order chi connectivity index (χ1) is 14.2. The molecular weight excluding hydrogens is 405 g/mol. The zero-order chi connectivity index (χ0) is 21.7. The number of carbonyl (C=O) groups excluding carboxylic acids is 1. The maximum Gasteiger partial charge on any atom is 0.261 e. The van der Waals surface area contributed by atoms with Gasteiger partial charge < -0.3 is 10.2 Å². The highest BCUT2D eigenvalue weighted by atomic mass is 32.2. The Morgan fingerprint density at radius 2 is 1.77 bits per heavy atom. The van der Waals surface area contributed by atoms with Gasteiger partial charge in [-0.25, -0.2) is 12.8 Å². The minimum Gasteiger partial charge on any atom is -0.351 e. The smallest absolute Gasteiger partial charge is 0.261 e. The van der Waals surface area contributed by atoms with Gasteiger partial charge in [-0.05, 0) is 60.7 Å². The van der Waals surface area contributed by atoms with Crippen molar-refractivity contribution < 1.29 is 17.6 Å². The molecule has 2 unspecified atom stereocenters. The summed E-state index contributed by atoms with van der Waals surface area (Å²) < 4.78 is 40.6. The van der Waals surface area contributed by atoms with Crippen molar-refractivity contribution in [1.29, 1.82) is 0 Å². The molecule has 2 aromatic rings. The van der Waals surface area contributed by atoms with Crippen molar-refractivity contribution in [2.24, 2.45) is 11.8 Å². The van der Waals surface area contributed by atoms with Gasteiger partial charge in [-0.1, -0.05) is 19.9 Å². The van der Waals surface area contributed by atoms with Crippen LogP contribution >= 0.6 is 0 Å². The van der Waals surface area contributed by atoms with Gasteiger partial charge in [0.15, 0.2) is 0 Å². The van der Waals surface area contributed by atoms with Gasteiger partial charge in [-0.15, -0.1) is 0 Å². The van der Waals surface area contributed by atoms with E-state index in [1.807, 2.05) is 0 Å². The Labute approximate surface area is 177 Å². The number of benzene rings is 2. The van der Waals surface area contributed by atoms with Crippen LogP contribution in [0.2, 0.25) is 0 Å². The second-order valence-electron chi connectivity index (χ2n) is 8.10. The van der Waals surface area contributed by atoms with Crippen molar-refractivity contribution in [2.45, 2.75) is 25.2 Å². The first-order valence-electron chi connectivity index (χ1n) is 10.1. The van der Waals surface area contributed by atoms with Crippen LogP contribution in [0.3, 0.4) is 0 Å². The number of hydrogen-bond acceptors (Lipinski definition) is 4. The monoisotopic (exact) mass is 433 g/mol. The molecule has 1 amide bonds. The first kappa shape index (κ1) is 22.2. The Bertz CT molecular complexity index is 969. The number of likely N-dealkylation sites (tertiary alicyclic amines) is 1. The molecule has 30 heavy (non-hydrogen) atoms. The van der Waals surface area contributed by atoms with Crippen molar-refractivity contribution in [3.8, 4) is 0 Å². The summed E-state index contributed by atoms with van der Waals surface area (Å²) in [5, 5.41) is 2.87. The SMILES string of the molecule is CC1CC(C)CN(CCNC(=O)c2cccc(S(=O)(=O)Nc3ccc(F)cc3)c2)C1. The molecular formula is C22H28FN3O3S. The topological polar surface area (TPSA) is 78.5 Å². The average molecular weight is 434 g/mol. The van der Waals surface area contributed by atoms with E-state index in [1.165, 1.54) is 48.9 Å². The maximum absolute atomic E-state index is 13.0. The zero-order valence-electron chi connectivity index (χ0n) is 17.3. The number of piperidine rings is 1. The van der Waals surface area contributed by atoms with Crippen molar-refractivity contribution >= 4 is 21.6 Å². The van der Waals surface area contributed by atoms with E-state index in [1.54, 1.807) is 6.07 Å². The fourth-order valence-corrected chi connectivity index (χ4v) is 5.04. The number of rotatable bonds is 7. The molecule has 0 saturated carbocycles. The summed E-state index contributed by atoms with van der Waals surface area (Å²) in [6, 6.07) is 10.9. The summed E-state index contributed by atoms with van der Waals surface area (Å²) >= 11 is 0. The molecule has 2 atom stereocenters. The van der Waals surface area contributed by atoms with E-state index in [-0.39, 0.29) is 22.1 Å². The molecule has 1 aliphatic rings. The van der Waals surface area contributed by atoms with Gasteiger partial charge in [0.2, 0.25) is 0 Å². The highest BCUT2D eigenvalue weighted by Gasteiger charge is 2.21. The van der Waals surface area contributed by atoms with Gasteiger partial charge in [0.1, 0.15) is 5.82 Å². The molecule has 0 aliphatic carbocycles. The molecule has 3 rings (SSSR count). The van der Waals surface area contributed by atoms with Gasteiger partial charge in [-0.3, -0.25) is 9.52 Å². The Kier molecular flexibility index (Phi) is 7.10. The van der Waals surface area contributed by atoms with E-state index in [0.29, 0.717) is 18.4 Å². The van der Waals surface area contributed by atoms with E-state index in [2.05, 4.69) is 28.8 Å². The molecule has 1 saturated heterocycles. The van der Waals surface area contributed by atoms with Gasteiger partial charge in [-0.2, -0.15) is 0 Å². The van der Waals surface area contributed by atoms with Crippen LogP contribution in [-0.2, 0) is 10.0 Å². The molecule has 0 aromatic heterocycles. The van der Waals surface area contributed by atoms with E-state index in [4.69, 9.17) is 0 Å². The van der Waals surface area contributed by atoms with Crippen LogP contribution < -0.4 is 10.0 Å². The summed E-state index contributed by atoms with van der Waals surface area (Å²) in [4.78, 5) is 14.8. The molecule has 0 spiro atoms. The summed E-state index contributed by atoms with van der Waals surface area (Å²) in [5.41, 5.74) is 0.522. The summed E-state index contributed by atoms with van der Waals surface area (Å²) in [6.45, 7) is 7.82. The fourth-order valence-electron chi connectivity index (χ4n) is 3.94. The Hall–Kier alpha value is -2.45. The van der Waals surface area contributed by atoms with Crippen LogP contribution in [-0.4, -0.2) is 45.4 Å². The van der Waals surface area contributed by atoms with Gasteiger partial charge in [0, 0.05) is 37.4 Å². The summed E-state index contributed by atoms with van der Waals surface area (Å²) in [6.07, 6.45) is 1.23. The van der Waals surface area contributed by atoms with E-state index < -0.39 is 15.8 Å². The van der Waals surface area contributed by atoms with Crippen LogP contribution in [0.25, 0.3) is 0 Å². The minimum atomic E-state index is -3.89. The lowest BCUT2D eigenvalue weighted by molar-refractivity contribution is 0.0936. The molecule has 2 aromatic carbocycles. The van der Waals surface area contributed by atoms with Crippen molar-refractivity contribution in [3.63, 3.8) is 0 Å². The van der Waals surface area contributed by atoms with Crippen molar-refractivity contribution in [3.05, 3.63) is 59.9 Å². The fraction of sp³-hybridized carbons (Fsp3) is 0.409. The van der Waals surface area contributed by atoms with Gasteiger partial charge >= 0.3 is 0 Å². The number of hydrogen-bond donors (Lipinski definition) is 2. The number of anilines is 1. The minimum absolute atomic E-state index is 0.0295. The normalized spacial score (nSPS) is 20.0. The lowest BCUT2D eigenvalue weighted by Gasteiger charge is -2.34. The van der Waals surface area contributed by atoms with E-state index in [9.17, 15) is 17.6 Å². The largest absolute Gasteiger partial charge is 0.351 e. The predicted octanol–water partition coefficient (Wildman–Crippen LogP) is 3.33. The third-order valence-electron chi connectivity index (χ3n) is 5.16. The third-order valence-corrected chi connectivity index (χ3v) is 6.54. The lowest BCUT2D eigenvalue weighted by Crippen LogP contribution is -2.42. The first-order valence-corrected chi connectivity index (χ1v) is 11.6. The number of nitrogens with zero attached hydrogens (tertiary/aromatic N) is 1. The third kappa shape index (κ3) is 6.03. The molecule has 1 aliphatic heterocycles. The molecule has 1 fully saturated rings. The lowest BCUT2D eigenvalue weighted by atomic mass is 9.92. The van der Waals surface area contributed by atoms with E-state index >= 15 is 0 Å². The van der Waals surface area contributed by atoms with Crippen LogP contribution in [0.5, 0.6) is 0 Å². The van der Waals surface area contributed by atoms with Crippen LogP contribution in [0.15, 0.2) is 53.4 Å². The second-order valence-corrected chi connectivity index (χ2v) is 9.78. The molecule has 162 valence electrons. The van der Waals surface area contributed by atoms with Crippen LogP contribution in [0.4, 0.5) is 10.1 Å².